The second-order valence-electron chi connectivity index (χ2n) is 5.92. The van der Waals surface area contributed by atoms with E-state index in [0.717, 1.165) is 19.3 Å². The molecule has 0 N–H and O–H groups in total. The number of benzene rings is 1. The summed E-state index contributed by atoms with van der Waals surface area (Å²) in [6.07, 6.45) is 4.37. The molecule has 1 spiro atoms. The SMILES string of the molecule is O=C(Cc1c(F)cccc1F)C1CCOC2(CCC2)C1. The van der Waals surface area contributed by atoms with Gasteiger partial charge < -0.3 is 4.74 Å². The smallest absolute Gasteiger partial charge is 0.140 e. The van der Waals surface area contributed by atoms with E-state index >= 15 is 0 Å². The van der Waals surface area contributed by atoms with Crippen LogP contribution in [0.3, 0.4) is 0 Å². The maximum absolute atomic E-state index is 13.6. The number of rotatable bonds is 3. The highest BCUT2D eigenvalue weighted by Crippen LogP contribution is 2.44. The zero-order valence-corrected chi connectivity index (χ0v) is 11.3. The van der Waals surface area contributed by atoms with Crippen molar-refractivity contribution in [3.05, 3.63) is 35.4 Å². The third-order valence-corrected chi connectivity index (χ3v) is 4.63. The summed E-state index contributed by atoms with van der Waals surface area (Å²) in [4.78, 5) is 12.3. The Balaban J connectivity index is 1.70. The van der Waals surface area contributed by atoms with Gasteiger partial charge in [0.15, 0.2) is 0 Å². The van der Waals surface area contributed by atoms with E-state index in [0.29, 0.717) is 19.4 Å². The van der Waals surface area contributed by atoms with Crippen LogP contribution in [-0.2, 0) is 16.0 Å². The molecule has 1 aromatic rings. The van der Waals surface area contributed by atoms with Gasteiger partial charge in [-0.15, -0.1) is 0 Å². The number of hydrogen-bond donors (Lipinski definition) is 0. The summed E-state index contributed by atoms with van der Waals surface area (Å²) in [6, 6.07) is 3.71. The molecule has 1 unspecified atom stereocenters. The van der Waals surface area contributed by atoms with Gasteiger partial charge in [-0.3, -0.25) is 4.79 Å². The van der Waals surface area contributed by atoms with Crippen LogP contribution in [0.25, 0.3) is 0 Å². The van der Waals surface area contributed by atoms with E-state index in [9.17, 15) is 13.6 Å². The second kappa shape index (κ2) is 5.24. The molecule has 2 fully saturated rings. The van der Waals surface area contributed by atoms with Crippen molar-refractivity contribution in [2.45, 2.75) is 44.1 Å². The molecule has 4 heteroatoms. The minimum absolute atomic E-state index is 0.0661. The largest absolute Gasteiger partial charge is 0.375 e. The Labute approximate surface area is 117 Å². The molecule has 1 saturated carbocycles. The van der Waals surface area contributed by atoms with Crippen LogP contribution in [0.5, 0.6) is 0 Å². The maximum Gasteiger partial charge on any atom is 0.140 e. The Hall–Kier alpha value is -1.29. The maximum atomic E-state index is 13.6. The monoisotopic (exact) mass is 280 g/mol. The van der Waals surface area contributed by atoms with Gasteiger partial charge in [0.25, 0.3) is 0 Å². The number of halogens is 2. The minimum atomic E-state index is -0.635. The Morgan fingerprint density at radius 1 is 1.30 bits per heavy atom. The Morgan fingerprint density at radius 3 is 2.60 bits per heavy atom. The van der Waals surface area contributed by atoms with E-state index in [2.05, 4.69) is 0 Å². The number of hydrogen-bond acceptors (Lipinski definition) is 2. The molecule has 1 aliphatic carbocycles. The van der Waals surface area contributed by atoms with Crippen LogP contribution in [0.15, 0.2) is 18.2 Å². The van der Waals surface area contributed by atoms with E-state index in [1.165, 1.54) is 18.2 Å². The molecule has 3 rings (SSSR count). The van der Waals surface area contributed by atoms with Gasteiger partial charge in [-0.25, -0.2) is 8.78 Å². The summed E-state index contributed by atoms with van der Waals surface area (Å²) >= 11 is 0. The fourth-order valence-electron chi connectivity index (χ4n) is 3.24. The summed E-state index contributed by atoms with van der Waals surface area (Å²) in [6.45, 7) is 0.580. The van der Waals surface area contributed by atoms with Gasteiger partial charge >= 0.3 is 0 Å². The molecule has 2 nitrogen and oxygen atoms in total. The van der Waals surface area contributed by atoms with E-state index in [1.54, 1.807) is 0 Å². The highest BCUT2D eigenvalue weighted by atomic mass is 19.1. The number of ketones is 1. The molecule has 20 heavy (non-hydrogen) atoms. The van der Waals surface area contributed by atoms with Crippen molar-refractivity contribution in [3.8, 4) is 0 Å². The lowest BCUT2D eigenvalue weighted by Gasteiger charge is -2.46. The van der Waals surface area contributed by atoms with E-state index < -0.39 is 11.6 Å². The van der Waals surface area contributed by atoms with Gasteiger partial charge in [0.05, 0.1) is 5.60 Å². The van der Waals surface area contributed by atoms with Crippen LogP contribution in [0.4, 0.5) is 8.78 Å². The molecular formula is C16H18F2O2. The van der Waals surface area contributed by atoms with Gasteiger partial charge in [0, 0.05) is 24.5 Å². The van der Waals surface area contributed by atoms with Crippen molar-refractivity contribution in [3.63, 3.8) is 0 Å². The van der Waals surface area contributed by atoms with Crippen LogP contribution < -0.4 is 0 Å². The fraction of sp³-hybridized carbons (Fsp3) is 0.562. The summed E-state index contributed by atoms with van der Waals surface area (Å²) < 4.78 is 33.0. The molecule has 2 aliphatic rings. The van der Waals surface area contributed by atoms with Gasteiger partial charge in [-0.1, -0.05) is 6.07 Å². The molecule has 1 aromatic carbocycles. The second-order valence-corrected chi connectivity index (χ2v) is 5.92. The number of carbonyl (C=O) groups excluding carboxylic acids is 1. The van der Waals surface area contributed by atoms with E-state index in [1.807, 2.05) is 0 Å². The van der Waals surface area contributed by atoms with E-state index in [4.69, 9.17) is 4.74 Å². The average Bonchev–Trinajstić information content (AvgIpc) is 2.41. The standard InChI is InChI=1S/C16H18F2O2/c17-13-3-1-4-14(18)12(13)9-15(19)11-5-8-20-16(10-11)6-2-7-16/h1,3-4,11H,2,5-10H2. The Morgan fingerprint density at radius 2 is 2.00 bits per heavy atom. The van der Waals surface area contributed by atoms with E-state index in [-0.39, 0.29) is 29.3 Å². The molecular weight excluding hydrogens is 262 g/mol. The molecule has 0 aromatic heterocycles. The van der Waals surface area contributed by atoms with Gasteiger partial charge in [0.2, 0.25) is 0 Å². The molecule has 108 valence electrons. The first-order chi connectivity index (χ1) is 9.60. The zero-order chi connectivity index (χ0) is 14.2. The quantitative estimate of drug-likeness (QED) is 0.848. The molecule has 0 radical (unpaired) electrons. The van der Waals surface area contributed by atoms with Crippen LogP contribution in [0, 0.1) is 17.6 Å². The first kappa shape index (κ1) is 13.7. The lowest BCUT2D eigenvalue weighted by molar-refractivity contribution is -0.155. The minimum Gasteiger partial charge on any atom is -0.375 e. The van der Waals surface area contributed by atoms with Crippen LogP contribution in [-0.4, -0.2) is 18.0 Å². The molecule has 1 saturated heterocycles. The molecule has 0 amide bonds. The van der Waals surface area contributed by atoms with Crippen molar-refractivity contribution in [1.82, 2.24) is 0 Å². The Bertz CT molecular complexity index is 503. The van der Waals surface area contributed by atoms with Crippen molar-refractivity contribution in [2.24, 2.45) is 5.92 Å². The molecule has 1 atom stereocenters. The summed E-state index contributed by atoms with van der Waals surface area (Å²) in [5.41, 5.74) is -0.224. The molecule has 1 heterocycles. The predicted molar refractivity (Wildman–Crippen MR) is 70.3 cm³/mol. The van der Waals surface area contributed by atoms with Crippen molar-refractivity contribution in [2.75, 3.05) is 6.61 Å². The van der Waals surface area contributed by atoms with Crippen molar-refractivity contribution in [1.29, 1.82) is 0 Å². The zero-order valence-electron chi connectivity index (χ0n) is 11.3. The fourth-order valence-corrected chi connectivity index (χ4v) is 3.24. The van der Waals surface area contributed by atoms with Crippen LogP contribution >= 0.6 is 0 Å². The highest BCUT2D eigenvalue weighted by molar-refractivity contribution is 5.83. The lowest BCUT2D eigenvalue weighted by atomic mass is 9.70. The average molecular weight is 280 g/mol. The van der Waals surface area contributed by atoms with Gasteiger partial charge in [0.1, 0.15) is 17.4 Å². The topological polar surface area (TPSA) is 26.3 Å². The Kier molecular flexibility index (Phi) is 3.59. The normalized spacial score (nSPS) is 24.4. The van der Waals surface area contributed by atoms with Crippen molar-refractivity contribution >= 4 is 5.78 Å². The summed E-state index contributed by atoms with van der Waals surface area (Å²) in [5, 5.41) is 0. The lowest BCUT2D eigenvalue weighted by Crippen LogP contribution is -2.47. The summed E-state index contributed by atoms with van der Waals surface area (Å²) in [5.74, 6) is -1.46. The van der Waals surface area contributed by atoms with Crippen LogP contribution in [0.2, 0.25) is 0 Å². The summed E-state index contributed by atoms with van der Waals surface area (Å²) in [7, 11) is 0. The van der Waals surface area contributed by atoms with Crippen LogP contribution in [0.1, 0.15) is 37.7 Å². The first-order valence-corrected chi connectivity index (χ1v) is 7.19. The third kappa shape index (κ3) is 2.49. The molecule has 1 aliphatic heterocycles. The van der Waals surface area contributed by atoms with Gasteiger partial charge in [-0.05, 0) is 44.2 Å². The third-order valence-electron chi connectivity index (χ3n) is 4.63. The number of Topliss-reactive ketones (excluding diaryl/α,β-unsaturated/α-hetero) is 1. The highest BCUT2D eigenvalue weighted by Gasteiger charge is 2.44. The number of ether oxygens (including phenoxy) is 1. The number of carbonyl (C=O) groups is 1. The predicted octanol–water partition coefficient (Wildman–Crippen LogP) is 3.43. The van der Waals surface area contributed by atoms with Crippen molar-refractivity contribution < 1.29 is 18.3 Å². The van der Waals surface area contributed by atoms with Gasteiger partial charge in [-0.2, -0.15) is 0 Å². The first-order valence-electron chi connectivity index (χ1n) is 7.19. The molecule has 0 bridgehead atoms.